The Hall–Kier alpha value is -1.61. The maximum Gasteiger partial charge on any atom is 0.220 e. The van der Waals surface area contributed by atoms with E-state index in [0.29, 0.717) is 6.42 Å². The van der Waals surface area contributed by atoms with E-state index in [1.54, 1.807) is 11.3 Å². The average Bonchev–Trinajstić information content (AvgIpc) is 2.97. The van der Waals surface area contributed by atoms with E-state index in [1.807, 2.05) is 12.1 Å². The van der Waals surface area contributed by atoms with E-state index in [4.69, 9.17) is 0 Å². The lowest BCUT2D eigenvalue weighted by Crippen LogP contribution is -2.32. The molecule has 0 bridgehead atoms. The highest BCUT2D eigenvalue weighted by Crippen LogP contribution is 2.11. The molecule has 0 saturated carbocycles. The van der Waals surface area contributed by atoms with E-state index in [9.17, 15) is 4.79 Å². The molecule has 1 aromatic heterocycles. The van der Waals surface area contributed by atoms with Gasteiger partial charge in [-0.3, -0.25) is 4.79 Å². The van der Waals surface area contributed by atoms with Gasteiger partial charge in [-0.25, -0.2) is 0 Å². The number of rotatable bonds is 7. The molecule has 20 heavy (non-hydrogen) atoms. The number of nitrogens with one attached hydrogen (secondary N) is 1. The lowest BCUT2D eigenvalue weighted by Gasteiger charge is -2.13. The normalized spacial score (nSPS) is 12.1. The van der Waals surface area contributed by atoms with Crippen LogP contribution in [0.3, 0.4) is 0 Å². The van der Waals surface area contributed by atoms with Gasteiger partial charge in [0.15, 0.2) is 0 Å². The van der Waals surface area contributed by atoms with Gasteiger partial charge in [0, 0.05) is 17.3 Å². The number of amides is 1. The Morgan fingerprint density at radius 1 is 1.15 bits per heavy atom. The summed E-state index contributed by atoms with van der Waals surface area (Å²) in [4.78, 5) is 13.1. The third kappa shape index (κ3) is 5.17. The lowest BCUT2D eigenvalue weighted by atomic mass is 10.1. The Balaban J connectivity index is 1.66. The molecular formula is C17H21NOS. The first kappa shape index (κ1) is 14.8. The lowest BCUT2D eigenvalue weighted by molar-refractivity contribution is -0.121. The number of thiophene rings is 1. The van der Waals surface area contributed by atoms with Crippen LogP contribution in [0.2, 0.25) is 0 Å². The molecule has 106 valence electrons. The van der Waals surface area contributed by atoms with Crippen LogP contribution in [0.5, 0.6) is 0 Å². The molecule has 0 saturated heterocycles. The van der Waals surface area contributed by atoms with Crippen LogP contribution >= 0.6 is 11.3 Å². The van der Waals surface area contributed by atoms with Crippen LogP contribution in [0.1, 0.15) is 30.2 Å². The molecule has 1 N–H and O–H groups in total. The number of carbonyl (C=O) groups excluding carboxylic acids is 1. The third-order valence-corrected chi connectivity index (χ3v) is 4.23. The molecule has 3 heteroatoms. The van der Waals surface area contributed by atoms with Crippen molar-refractivity contribution in [2.75, 3.05) is 0 Å². The minimum absolute atomic E-state index is 0.152. The first-order valence-corrected chi connectivity index (χ1v) is 7.97. The molecule has 0 spiro atoms. The van der Waals surface area contributed by atoms with Gasteiger partial charge in [0.2, 0.25) is 5.91 Å². The second kappa shape index (κ2) is 7.85. The van der Waals surface area contributed by atoms with Crippen molar-refractivity contribution in [2.45, 2.75) is 38.6 Å². The van der Waals surface area contributed by atoms with Crippen molar-refractivity contribution in [3.8, 4) is 0 Å². The minimum atomic E-state index is 0.152. The number of hydrogen-bond acceptors (Lipinski definition) is 2. The fraction of sp³-hybridized carbons (Fsp3) is 0.353. The van der Waals surface area contributed by atoms with Crippen LogP contribution in [0.25, 0.3) is 0 Å². The molecule has 1 atom stereocenters. The summed E-state index contributed by atoms with van der Waals surface area (Å²) in [5.41, 5.74) is 1.33. The fourth-order valence-electron chi connectivity index (χ4n) is 2.14. The molecule has 0 aliphatic carbocycles. The van der Waals surface area contributed by atoms with Crippen molar-refractivity contribution in [3.63, 3.8) is 0 Å². The maximum absolute atomic E-state index is 11.9. The summed E-state index contributed by atoms with van der Waals surface area (Å²) >= 11 is 1.71. The largest absolute Gasteiger partial charge is 0.354 e. The van der Waals surface area contributed by atoms with Crippen LogP contribution in [-0.4, -0.2) is 11.9 Å². The number of benzene rings is 1. The van der Waals surface area contributed by atoms with Crippen LogP contribution in [0.4, 0.5) is 0 Å². The van der Waals surface area contributed by atoms with Crippen LogP contribution < -0.4 is 5.32 Å². The van der Waals surface area contributed by atoms with E-state index in [2.05, 4.69) is 48.0 Å². The second-order valence-electron chi connectivity index (χ2n) is 5.07. The number of aryl methyl sites for hydroxylation is 2. The molecule has 0 radical (unpaired) electrons. The zero-order valence-electron chi connectivity index (χ0n) is 11.8. The van der Waals surface area contributed by atoms with Gasteiger partial charge in [-0.1, -0.05) is 36.4 Å². The van der Waals surface area contributed by atoms with Crippen molar-refractivity contribution < 1.29 is 4.79 Å². The number of hydrogen-bond donors (Lipinski definition) is 1. The van der Waals surface area contributed by atoms with E-state index in [-0.39, 0.29) is 11.9 Å². The van der Waals surface area contributed by atoms with E-state index < -0.39 is 0 Å². The van der Waals surface area contributed by atoms with Gasteiger partial charge in [0.1, 0.15) is 0 Å². The van der Waals surface area contributed by atoms with E-state index in [1.165, 1.54) is 10.4 Å². The standard InChI is InChI=1S/C17H21NOS/c1-14(9-10-15-6-3-2-4-7-15)18-17(19)12-11-16-8-5-13-20-16/h2-8,13-14H,9-12H2,1H3,(H,18,19). The summed E-state index contributed by atoms with van der Waals surface area (Å²) in [6, 6.07) is 14.7. The quantitative estimate of drug-likeness (QED) is 0.824. The summed E-state index contributed by atoms with van der Waals surface area (Å²) in [7, 11) is 0. The molecule has 1 amide bonds. The number of carbonyl (C=O) groups is 1. The van der Waals surface area contributed by atoms with Crippen LogP contribution in [0.15, 0.2) is 47.8 Å². The molecule has 0 aliphatic heterocycles. The predicted molar refractivity (Wildman–Crippen MR) is 85.0 cm³/mol. The zero-order chi connectivity index (χ0) is 14.2. The summed E-state index contributed by atoms with van der Waals surface area (Å²) in [6.07, 6.45) is 3.41. The van der Waals surface area contributed by atoms with E-state index >= 15 is 0 Å². The summed E-state index contributed by atoms with van der Waals surface area (Å²) in [5.74, 6) is 0.152. The first-order chi connectivity index (χ1) is 9.74. The Kier molecular flexibility index (Phi) is 5.81. The fourth-order valence-corrected chi connectivity index (χ4v) is 2.85. The summed E-state index contributed by atoms with van der Waals surface area (Å²) in [6.45, 7) is 2.08. The Morgan fingerprint density at radius 3 is 2.65 bits per heavy atom. The van der Waals surface area contributed by atoms with Gasteiger partial charge >= 0.3 is 0 Å². The topological polar surface area (TPSA) is 29.1 Å². The maximum atomic E-state index is 11.9. The highest BCUT2D eigenvalue weighted by Gasteiger charge is 2.08. The van der Waals surface area contributed by atoms with Gasteiger partial charge in [0.25, 0.3) is 0 Å². The molecule has 2 aromatic rings. The van der Waals surface area contributed by atoms with Gasteiger partial charge in [0.05, 0.1) is 0 Å². The Labute approximate surface area is 124 Å². The van der Waals surface area contributed by atoms with Crippen molar-refractivity contribution >= 4 is 17.2 Å². The molecule has 2 nitrogen and oxygen atoms in total. The SMILES string of the molecule is CC(CCc1ccccc1)NC(=O)CCc1cccs1. The monoisotopic (exact) mass is 287 g/mol. The van der Waals surface area contributed by atoms with Gasteiger partial charge in [-0.2, -0.15) is 0 Å². The Bertz CT molecular complexity index is 507. The smallest absolute Gasteiger partial charge is 0.220 e. The van der Waals surface area contributed by atoms with Crippen molar-refractivity contribution in [2.24, 2.45) is 0 Å². The van der Waals surface area contributed by atoms with Crippen molar-refractivity contribution in [1.82, 2.24) is 5.32 Å². The average molecular weight is 287 g/mol. The highest BCUT2D eigenvalue weighted by molar-refractivity contribution is 7.09. The second-order valence-corrected chi connectivity index (χ2v) is 6.10. The molecule has 1 heterocycles. The Morgan fingerprint density at radius 2 is 1.95 bits per heavy atom. The zero-order valence-corrected chi connectivity index (χ0v) is 12.7. The van der Waals surface area contributed by atoms with Crippen LogP contribution in [0, 0.1) is 0 Å². The van der Waals surface area contributed by atoms with E-state index in [0.717, 1.165) is 19.3 Å². The van der Waals surface area contributed by atoms with Gasteiger partial charge in [-0.15, -0.1) is 11.3 Å². The molecule has 2 rings (SSSR count). The summed E-state index contributed by atoms with van der Waals surface area (Å²) in [5, 5.41) is 5.13. The highest BCUT2D eigenvalue weighted by atomic mass is 32.1. The van der Waals surface area contributed by atoms with Gasteiger partial charge in [-0.05, 0) is 43.2 Å². The molecule has 1 unspecified atom stereocenters. The van der Waals surface area contributed by atoms with Crippen molar-refractivity contribution in [1.29, 1.82) is 0 Å². The minimum Gasteiger partial charge on any atom is -0.354 e. The molecular weight excluding hydrogens is 266 g/mol. The molecule has 1 aromatic carbocycles. The summed E-state index contributed by atoms with van der Waals surface area (Å²) < 4.78 is 0. The molecule has 0 aliphatic rings. The van der Waals surface area contributed by atoms with Crippen molar-refractivity contribution in [3.05, 3.63) is 58.3 Å². The predicted octanol–water partition coefficient (Wildman–Crippen LogP) is 3.82. The van der Waals surface area contributed by atoms with Crippen LogP contribution in [-0.2, 0) is 17.6 Å². The van der Waals surface area contributed by atoms with Gasteiger partial charge < -0.3 is 5.32 Å². The third-order valence-electron chi connectivity index (χ3n) is 3.29. The molecule has 0 fully saturated rings. The first-order valence-electron chi connectivity index (χ1n) is 7.09.